The van der Waals surface area contributed by atoms with E-state index in [0.717, 1.165) is 55.0 Å². The molecule has 0 spiro atoms. The Morgan fingerprint density at radius 3 is 1.53 bits per heavy atom. The Balaban J connectivity index is 1.10. The predicted octanol–water partition coefficient (Wildman–Crippen LogP) is 12.4. The van der Waals surface area contributed by atoms with Crippen molar-refractivity contribution in [2.24, 2.45) is 0 Å². The lowest BCUT2D eigenvalue weighted by molar-refractivity contribution is 0.673. The Labute approximate surface area is 294 Å². The summed E-state index contributed by atoms with van der Waals surface area (Å²) in [5.74, 6) is 1.86. The highest BCUT2D eigenvalue weighted by Gasteiger charge is 2.18. The lowest BCUT2D eigenvalue weighted by Crippen LogP contribution is -2.00. The van der Waals surface area contributed by atoms with E-state index in [2.05, 4.69) is 115 Å². The summed E-state index contributed by atoms with van der Waals surface area (Å²) in [5, 5.41) is 6.86. The first-order valence-corrected chi connectivity index (χ1v) is 17.1. The van der Waals surface area contributed by atoms with E-state index in [1.165, 1.54) is 27.5 Å². The first kappa shape index (κ1) is 29.0. The van der Waals surface area contributed by atoms with Crippen molar-refractivity contribution in [2.75, 3.05) is 0 Å². The van der Waals surface area contributed by atoms with Crippen LogP contribution in [0.3, 0.4) is 0 Å². The summed E-state index contributed by atoms with van der Waals surface area (Å²) in [6.45, 7) is 0. The van der Waals surface area contributed by atoms with E-state index in [1.54, 1.807) is 0 Å². The summed E-state index contributed by atoms with van der Waals surface area (Å²) < 4.78 is 6.70. The monoisotopic (exact) mass is 651 g/mol. The van der Waals surface area contributed by atoms with Gasteiger partial charge >= 0.3 is 0 Å². The lowest BCUT2D eigenvalue weighted by atomic mass is 9.93. The SMILES string of the molecule is c1ccc(-c2nc(-c3ccccc3)nc(-c3ccc4c(c3)oc3c5ccccc5c(-c5ccc(-c6cccc7ccccc67)cc5)cc43)n2)cc1. The van der Waals surface area contributed by atoms with Crippen molar-refractivity contribution in [3.05, 3.63) is 176 Å². The van der Waals surface area contributed by atoms with Crippen molar-refractivity contribution in [3.8, 4) is 56.4 Å². The smallest absolute Gasteiger partial charge is 0.164 e. The minimum atomic E-state index is 0.599. The van der Waals surface area contributed by atoms with Crippen LogP contribution in [0.15, 0.2) is 180 Å². The molecule has 0 radical (unpaired) electrons. The second-order valence-corrected chi connectivity index (χ2v) is 12.8. The van der Waals surface area contributed by atoms with Crippen LogP contribution in [-0.4, -0.2) is 15.0 Å². The van der Waals surface area contributed by atoms with Crippen molar-refractivity contribution < 1.29 is 4.42 Å². The molecule has 0 fully saturated rings. The van der Waals surface area contributed by atoms with E-state index in [-0.39, 0.29) is 0 Å². The van der Waals surface area contributed by atoms with Crippen molar-refractivity contribution in [1.29, 1.82) is 0 Å². The largest absolute Gasteiger partial charge is 0.455 e. The van der Waals surface area contributed by atoms with Crippen molar-refractivity contribution in [2.45, 2.75) is 0 Å². The molecular weight excluding hydrogens is 623 g/mol. The van der Waals surface area contributed by atoms with Crippen LogP contribution in [0.2, 0.25) is 0 Å². The fourth-order valence-corrected chi connectivity index (χ4v) is 7.22. The Morgan fingerprint density at radius 1 is 0.314 bits per heavy atom. The van der Waals surface area contributed by atoms with Gasteiger partial charge in [-0.3, -0.25) is 0 Å². The molecule has 0 atom stereocenters. The first-order valence-electron chi connectivity index (χ1n) is 17.1. The minimum absolute atomic E-state index is 0.599. The Hall–Kier alpha value is -6.91. The van der Waals surface area contributed by atoms with Crippen LogP contribution < -0.4 is 0 Å². The maximum absolute atomic E-state index is 6.70. The van der Waals surface area contributed by atoms with Gasteiger partial charge in [-0.1, -0.05) is 158 Å². The first-order chi connectivity index (χ1) is 25.3. The number of fused-ring (bicyclic) bond motifs is 6. The third kappa shape index (κ3) is 5.04. The van der Waals surface area contributed by atoms with E-state index in [1.807, 2.05) is 60.7 Å². The second kappa shape index (κ2) is 11.9. The molecule has 0 N–H and O–H groups in total. The predicted molar refractivity (Wildman–Crippen MR) is 209 cm³/mol. The summed E-state index contributed by atoms with van der Waals surface area (Å²) in [7, 11) is 0. The van der Waals surface area contributed by atoms with Crippen LogP contribution in [0.5, 0.6) is 0 Å². The molecular formula is C47H29N3O. The molecule has 0 aliphatic rings. The van der Waals surface area contributed by atoms with Gasteiger partial charge in [0.05, 0.1) is 0 Å². The van der Waals surface area contributed by atoms with Crippen LogP contribution in [0.4, 0.5) is 0 Å². The number of hydrogen-bond acceptors (Lipinski definition) is 4. The van der Waals surface area contributed by atoms with Crippen molar-refractivity contribution in [3.63, 3.8) is 0 Å². The Morgan fingerprint density at radius 2 is 0.843 bits per heavy atom. The number of rotatable bonds is 5. The molecule has 0 saturated heterocycles. The third-order valence-corrected chi connectivity index (χ3v) is 9.73. The zero-order valence-electron chi connectivity index (χ0n) is 27.5. The molecule has 10 rings (SSSR count). The van der Waals surface area contributed by atoms with Crippen LogP contribution in [0.1, 0.15) is 0 Å². The third-order valence-electron chi connectivity index (χ3n) is 9.73. The molecule has 8 aromatic carbocycles. The molecule has 238 valence electrons. The van der Waals surface area contributed by atoms with Crippen LogP contribution in [0, 0.1) is 0 Å². The number of furan rings is 1. The average Bonchev–Trinajstić information content (AvgIpc) is 3.59. The molecule has 0 bridgehead atoms. The number of aromatic nitrogens is 3. The van der Waals surface area contributed by atoms with E-state index >= 15 is 0 Å². The second-order valence-electron chi connectivity index (χ2n) is 12.8. The maximum atomic E-state index is 6.70. The van der Waals surface area contributed by atoms with E-state index < -0.39 is 0 Å². The number of hydrogen-bond donors (Lipinski definition) is 0. The summed E-state index contributed by atoms with van der Waals surface area (Å²) in [4.78, 5) is 14.8. The van der Waals surface area contributed by atoms with E-state index in [4.69, 9.17) is 19.4 Å². The maximum Gasteiger partial charge on any atom is 0.164 e. The molecule has 0 unspecified atom stereocenters. The summed E-state index contributed by atoms with van der Waals surface area (Å²) in [5.41, 5.74) is 9.18. The Bertz CT molecular complexity index is 2830. The van der Waals surface area contributed by atoms with Gasteiger partial charge in [-0.25, -0.2) is 15.0 Å². The molecule has 10 aromatic rings. The molecule has 51 heavy (non-hydrogen) atoms. The molecule has 0 aliphatic heterocycles. The lowest BCUT2D eigenvalue weighted by Gasteiger charge is -2.11. The zero-order chi connectivity index (χ0) is 33.7. The summed E-state index contributed by atoms with van der Waals surface area (Å²) >= 11 is 0. The highest BCUT2D eigenvalue weighted by Crippen LogP contribution is 2.41. The molecule has 0 saturated carbocycles. The fraction of sp³-hybridized carbons (Fsp3) is 0. The van der Waals surface area contributed by atoms with Gasteiger partial charge in [-0.05, 0) is 56.6 Å². The fourth-order valence-electron chi connectivity index (χ4n) is 7.22. The molecule has 4 heteroatoms. The van der Waals surface area contributed by atoms with Gasteiger partial charge in [0.1, 0.15) is 11.2 Å². The highest BCUT2D eigenvalue weighted by atomic mass is 16.3. The molecule has 4 nitrogen and oxygen atoms in total. The van der Waals surface area contributed by atoms with Gasteiger partial charge in [0.25, 0.3) is 0 Å². The quantitative estimate of drug-likeness (QED) is 0.186. The normalized spacial score (nSPS) is 11.5. The zero-order valence-corrected chi connectivity index (χ0v) is 27.5. The van der Waals surface area contributed by atoms with Crippen LogP contribution in [-0.2, 0) is 0 Å². The van der Waals surface area contributed by atoms with E-state index in [0.29, 0.717) is 17.5 Å². The van der Waals surface area contributed by atoms with Gasteiger partial charge < -0.3 is 4.42 Å². The van der Waals surface area contributed by atoms with Crippen LogP contribution in [0.25, 0.3) is 99.9 Å². The molecule has 2 heterocycles. The summed E-state index contributed by atoms with van der Waals surface area (Å²) in [6, 6.07) is 61.1. The van der Waals surface area contributed by atoms with E-state index in [9.17, 15) is 0 Å². The molecule has 0 amide bonds. The van der Waals surface area contributed by atoms with Gasteiger partial charge in [0.15, 0.2) is 17.5 Å². The number of nitrogens with zero attached hydrogens (tertiary/aromatic N) is 3. The van der Waals surface area contributed by atoms with Crippen molar-refractivity contribution >= 4 is 43.5 Å². The highest BCUT2D eigenvalue weighted by molar-refractivity contribution is 6.19. The van der Waals surface area contributed by atoms with Gasteiger partial charge in [-0.2, -0.15) is 0 Å². The topological polar surface area (TPSA) is 51.8 Å². The Kier molecular flexibility index (Phi) is 6.78. The van der Waals surface area contributed by atoms with Gasteiger partial charge in [0.2, 0.25) is 0 Å². The van der Waals surface area contributed by atoms with Crippen molar-refractivity contribution in [1.82, 2.24) is 15.0 Å². The van der Waals surface area contributed by atoms with Gasteiger partial charge in [-0.15, -0.1) is 0 Å². The van der Waals surface area contributed by atoms with Gasteiger partial charge in [0, 0.05) is 32.8 Å². The number of benzene rings is 8. The minimum Gasteiger partial charge on any atom is -0.455 e. The summed E-state index contributed by atoms with van der Waals surface area (Å²) in [6.07, 6.45) is 0. The average molecular weight is 652 g/mol. The molecule has 2 aromatic heterocycles. The standard InChI is InChI=1S/C47H29N3O/c1-3-13-33(14-4-1)45-48-46(34-15-5-2-6-16-34)50-47(49-45)35-26-27-39-42-29-41(38-19-9-10-20-40(38)44(42)51-43(39)28-35)32-24-22-31(23-25-32)37-21-11-17-30-12-7-8-18-36(30)37/h1-29H. The molecule has 0 aliphatic carbocycles. The van der Waals surface area contributed by atoms with Crippen LogP contribution >= 0.6 is 0 Å².